The molecule has 1 saturated carbocycles. The lowest BCUT2D eigenvalue weighted by Crippen LogP contribution is -2.41. The van der Waals surface area contributed by atoms with Gasteiger partial charge < -0.3 is 5.32 Å². The summed E-state index contributed by atoms with van der Waals surface area (Å²) in [4.78, 5) is 16.0. The number of rotatable bonds is 2. The van der Waals surface area contributed by atoms with Gasteiger partial charge >= 0.3 is 6.03 Å². The Morgan fingerprint density at radius 1 is 1.47 bits per heavy atom. The van der Waals surface area contributed by atoms with Crippen LogP contribution in [0, 0.1) is 0 Å². The van der Waals surface area contributed by atoms with Crippen molar-refractivity contribution in [3.05, 3.63) is 11.1 Å². The van der Waals surface area contributed by atoms with Gasteiger partial charge in [-0.2, -0.15) is 0 Å². The van der Waals surface area contributed by atoms with Crippen LogP contribution in [0.1, 0.15) is 45.7 Å². The van der Waals surface area contributed by atoms with E-state index < -0.39 is 0 Å². The number of anilines is 1. The fraction of sp³-hybridized carbons (Fsp3) is 0.667. The SMILES string of the molecule is CC(C)(C)c1csc(NC(=O)NC2CCC2)n1. The number of carbonyl (C=O) groups is 1. The molecule has 94 valence electrons. The predicted molar refractivity (Wildman–Crippen MR) is 70.6 cm³/mol. The third-order valence-electron chi connectivity index (χ3n) is 2.93. The van der Waals surface area contributed by atoms with Gasteiger partial charge in [0.05, 0.1) is 5.69 Å². The van der Waals surface area contributed by atoms with E-state index in [0.29, 0.717) is 11.2 Å². The van der Waals surface area contributed by atoms with Crippen molar-refractivity contribution in [3.8, 4) is 0 Å². The number of thiazole rings is 1. The van der Waals surface area contributed by atoms with Gasteiger partial charge in [0.25, 0.3) is 0 Å². The number of urea groups is 1. The minimum Gasteiger partial charge on any atom is -0.335 e. The number of hydrogen-bond acceptors (Lipinski definition) is 3. The van der Waals surface area contributed by atoms with Crippen LogP contribution in [0.4, 0.5) is 9.93 Å². The van der Waals surface area contributed by atoms with Gasteiger partial charge in [0.1, 0.15) is 0 Å². The molecule has 1 aliphatic rings. The van der Waals surface area contributed by atoms with Crippen molar-refractivity contribution in [1.29, 1.82) is 0 Å². The number of nitrogens with one attached hydrogen (secondary N) is 2. The highest BCUT2D eigenvalue weighted by Crippen LogP contribution is 2.26. The Morgan fingerprint density at radius 3 is 2.65 bits per heavy atom. The van der Waals surface area contributed by atoms with Gasteiger partial charge in [0.2, 0.25) is 0 Å². The van der Waals surface area contributed by atoms with Gasteiger partial charge in [-0.05, 0) is 19.3 Å². The monoisotopic (exact) mass is 253 g/mol. The Morgan fingerprint density at radius 2 is 2.18 bits per heavy atom. The first-order valence-electron chi connectivity index (χ1n) is 5.99. The zero-order valence-electron chi connectivity index (χ0n) is 10.5. The van der Waals surface area contributed by atoms with Gasteiger partial charge in [-0.1, -0.05) is 20.8 Å². The first-order valence-corrected chi connectivity index (χ1v) is 6.86. The molecule has 1 aliphatic carbocycles. The number of nitrogens with zero attached hydrogens (tertiary/aromatic N) is 1. The van der Waals surface area contributed by atoms with E-state index in [1.807, 2.05) is 5.38 Å². The zero-order chi connectivity index (χ0) is 12.5. The molecule has 1 aromatic heterocycles. The van der Waals surface area contributed by atoms with Crippen molar-refractivity contribution in [3.63, 3.8) is 0 Å². The number of hydrogen-bond donors (Lipinski definition) is 2. The number of carbonyl (C=O) groups excluding carboxylic acids is 1. The summed E-state index contributed by atoms with van der Waals surface area (Å²) in [5.74, 6) is 0. The standard InChI is InChI=1S/C12H19N3OS/c1-12(2,3)9-7-17-11(14-9)15-10(16)13-8-5-4-6-8/h7-8H,4-6H2,1-3H3,(H2,13,14,15,16). The van der Waals surface area contributed by atoms with E-state index in [1.54, 1.807) is 0 Å². The predicted octanol–water partition coefficient (Wildman–Crippen LogP) is 3.11. The smallest absolute Gasteiger partial charge is 0.321 e. The average molecular weight is 253 g/mol. The van der Waals surface area contributed by atoms with Gasteiger partial charge in [0.15, 0.2) is 5.13 Å². The zero-order valence-corrected chi connectivity index (χ0v) is 11.4. The summed E-state index contributed by atoms with van der Waals surface area (Å²) in [7, 11) is 0. The van der Waals surface area contributed by atoms with E-state index in [-0.39, 0.29) is 11.4 Å². The summed E-state index contributed by atoms with van der Waals surface area (Å²) < 4.78 is 0. The lowest BCUT2D eigenvalue weighted by Gasteiger charge is -2.26. The molecule has 17 heavy (non-hydrogen) atoms. The van der Waals surface area contributed by atoms with Gasteiger partial charge in [-0.25, -0.2) is 9.78 Å². The molecule has 1 heterocycles. The Bertz CT molecular complexity index is 404. The van der Waals surface area contributed by atoms with Crippen molar-refractivity contribution < 1.29 is 4.79 Å². The number of aromatic nitrogens is 1. The third kappa shape index (κ3) is 3.19. The van der Waals surface area contributed by atoms with E-state index in [9.17, 15) is 4.79 Å². The molecule has 1 fully saturated rings. The van der Waals surface area contributed by atoms with Crippen LogP contribution in [-0.4, -0.2) is 17.1 Å². The van der Waals surface area contributed by atoms with Crippen molar-refractivity contribution in [2.45, 2.75) is 51.5 Å². The molecular formula is C12H19N3OS. The normalized spacial score (nSPS) is 16.4. The largest absolute Gasteiger partial charge is 0.335 e. The average Bonchev–Trinajstić information content (AvgIpc) is 2.59. The molecule has 0 aliphatic heterocycles. The minimum atomic E-state index is -0.135. The van der Waals surface area contributed by atoms with Crippen LogP contribution in [0.15, 0.2) is 5.38 Å². The van der Waals surface area contributed by atoms with Crippen LogP contribution in [-0.2, 0) is 5.41 Å². The molecule has 5 heteroatoms. The lowest BCUT2D eigenvalue weighted by atomic mass is 9.93. The van der Waals surface area contributed by atoms with Crippen LogP contribution >= 0.6 is 11.3 Å². The lowest BCUT2D eigenvalue weighted by molar-refractivity contribution is 0.240. The second-order valence-corrected chi connectivity index (χ2v) is 6.37. The third-order valence-corrected chi connectivity index (χ3v) is 3.69. The summed E-state index contributed by atoms with van der Waals surface area (Å²) in [6.07, 6.45) is 3.41. The molecular weight excluding hydrogens is 234 g/mol. The molecule has 0 bridgehead atoms. The molecule has 0 saturated heterocycles. The highest BCUT2D eigenvalue weighted by atomic mass is 32.1. The quantitative estimate of drug-likeness (QED) is 0.851. The molecule has 0 radical (unpaired) electrons. The van der Waals surface area contributed by atoms with E-state index in [0.717, 1.165) is 18.5 Å². The Labute approximate surface area is 106 Å². The molecule has 1 aromatic rings. The molecule has 2 N–H and O–H groups in total. The van der Waals surface area contributed by atoms with Crippen LogP contribution in [0.2, 0.25) is 0 Å². The molecule has 0 unspecified atom stereocenters. The van der Waals surface area contributed by atoms with E-state index in [1.165, 1.54) is 17.8 Å². The Hall–Kier alpha value is -1.10. The van der Waals surface area contributed by atoms with E-state index in [4.69, 9.17) is 0 Å². The molecule has 0 spiro atoms. The minimum absolute atomic E-state index is 0.0286. The van der Waals surface area contributed by atoms with Crippen molar-refractivity contribution in [1.82, 2.24) is 10.3 Å². The van der Waals surface area contributed by atoms with Crippen LogP contribution in [0.5, 0.6) is 0 Å². The van der Waals surface area contributed by atoms with Crippen molar-refractivity contribution in [2.24, 2.45) is 0 Å². The maximum absolute atomic E-state index is 11.6. The first kappa shape index (κ1) is 12.4. The van der Waals surface area contributed by atoms with Crippen LogP contribution in [0.25, 0.3) is 0 Å². The fourth-order valence-electron chi connectivity index (χ4n) is 1.55. The van der Waals surface area contributed by atoms with E-state index in [2.05, 4.69) is 36.4 Å². The second kappa shape index (κ2) is 4.64. The van der Waals surface area contributed by atoms with Gasteiger partial charge in [-0.3, -0.25) is 5.32 Å². The highest BCUT2D eigenvalue weighted by molar-refractivity contribution is 7.13. The van der Waals surface area contributed by atoms with E-state index >= 15 is 0 Å². The fourth-order valence-corrected chi connectivity index (χ4v) is 2.48. The van der Waals surface area contributed by atoms with Crippen molar-refractivity contribution in [2.75, 3.05) is 5.32 Å². The second-order valence-electron chi connectivity index (χ2n) is 5.51. The molecule has 2 amide bonds. The maximum atomic E-state index is 11.6. The highest BCUT2D eigenvalue weighted by Gasteiger charge is 2.21. The van der Waals surface area contributed by atoms with Gasteiger partial charge in [-0.15, -0.1) is 11.3 Å². The van der Waals surface area contributed by atoms with Crippen molar-refractivity contribution >= 4 is 22.5 Å². The number of amides is 2. The maximum Gasteiger partial charge on any atom is 0.321 e. The van der Waals surface area contributed by atoms with Crippen LogP contribution in [0.3, 0.4) is 0 Å². The molecule has 0 atom stereocenters. The topological polar surface area (TPSA) is 54.0 Å². The first-order chi connectivity index (χ1) is 7.95. The molecule has 0 aromatic carbocycles. The van der Waals surface area contributed by atoms with Crippen LogP contribution < -0.4 is 10.6 Å². The molecule has 4 nitrogen and oxygen atoms in total. The van der Waals surface area contributed by atoms with Gasteiger partial charge in [0, 0.05) is 16.8 Å². The summed E-state index contributed by atoms with van der Waals surface area (Å²) in [5.41, 5.74) is 1.04. The molecule has 2 rings (SSSR count). The summed E-state index contributed by atoms with van der Waals surface area (Å²) in [5, 5.41) is 8.39. The summed E-state index contributed by atoms with van der Waals surface area (Å²) in [6, 6.07) is 0.224. The summed E-state index contributed by atoms with van der Waals surface area (Å²) >= 11 is 1.47. The Kier molecular flexibility index (Phi) is 3.38. The summed E-state index contributed by atoms with van der Waals surface area (Å²) in [6.45, 7) is 6.33. The Balaban J connectivity index is 1.89.